The zero-order valence-corrected chi connectivity index (χ0v) is 18.2. The highest BCUT2D eigenvalue weighted by Gasteiger charge is 2.34. The molecule has 2 N–H and O–H groups in total. The third-order valence-corrected chi connectivity index (χ3v) is 6.01. The van der Waals surface area contributed by atoms with Crippen molar-refractivity contribution in [3.05, 3.63) is 53.3 Å². The summed E-state index contributed by atoms with van der Waals surface area (Å²) in [7, 11) is 1.89. The third-order valence-electron chi connectivity index (χ3n) is 6.01. The average Bonchev–Trinajstić information content (AvgIpc) is 3.41. The Bertz CT molecular complexity index is 861. The number of amides is 2. The van der Waals surface area contributed by atoms with Gasteiger partial charge >= 0.3 is 0 Å². The van der Waals surface area contributed by atoms with E-state index in [2.05, 4.69) is 15.7 Å². The van der Waals surface area contributed by atoms with Crippen molar-refractivity contribution < 1.29 is 9.59 Å². The molecule has 2 aliphatic heterocycles. The Kier molecular flexibility index (Phi) is 7.50. The summed E-state index contributed by atoms with van der Waals surface area (Å²) in [5.41, 5.74) is 2.81. The Morgan fingerprint density at radius 3 is 2.53 bits per heavy atom. The van der Waals surface area contributed by atoms with Gasteiger partial charge in [0.25, 0.3) is 5.91 Å². The van der Waals surface area contributed by atoms with Crippen LogP contribution in [0.4, 0.5) is 0 Å². The number of likely N-dealkylation sites (tertiary alicyclic amines) is 1. The first kappa shape index (κ1) is 22.3. The summed E-state index contributed by atoms with van der Waals surface area (Å²) in [6.07, 6.45) is 7.21. The summed E-state index contributed by atoms with van der Waals surface area (Å²) >= 11 is 0. The van der Waals surface area contributed by atoms with Gasteiger partial charge in [0, 0.05) is 57.4 Å². The second-order valence-electron chi connectivity index (χ2n) is 8.09. The quantitative estimate of drug-likeness (QED) is 0.759. The van der Waals surface area contributed by atoms with Crippen molar-refractivity contribution >= 4 is 24.2 Å². The molecule has 2 amide bonds. The van der Waals surface area contributed by atoms with Crippen LogP contribution in [0.1, 0.15) is 46.7 Å². The highest BCUT2D eigenvalue weighted by atomic mass is 35.5. The molecule has 8 heteroatoms. The van der Waals surface area contributed by atoms with E-state index in [4.69, 9.17) is 0 Å². The van der Waals surface area contributed by atoms with Gasteiger partial charge in [-0.25, -0.2) is 0 Å². The predicted molar refractivity (Wildman–Crippen MR) is 118 cm³/mol. The molecule has 2 aliphatic rings. The van der Waals surface area contributed by atoms with Crippen molar-refractivity contribution in [3.8, 4) is 0 Å². The number of aryl methyl sites for hydroxylation is 1. The van der Waals surface area contributed by atoms with Crippen molar-refractivity contribution in [2.75, 3.05) is 26.2 Å². The molecule has 4 rings (SSSR count). The van der Waals surface area contributed by atoms with Gasteiger partial charge in [0.1, 0.15) is 0 Å². The van der Waals surface area contributed by atoms with E-state index >= 15 is 0 Å². The monoisotopic (exact) mass is 431 g/mol. The van der Waals surface area contributed by atoms with Gasteiger partial charge in [-0.15, -0.1) is 12.4 Å². The number of nitrogens with one attached hydrogen (secondary N) is 2. The van der Waals surface area contributed by atoms with E-state index in [-0.39, 0.29) is 36.1 Å². The summed E-state index contributed by atoms with van der Waals surface area (Å²) in [4.78, 5) is 27.3. The molecule has 0 unspecified atom stereocenters. The Hall–Kier alpha value is -2.38. The van der Waals surface area contributed by atoms with Crippen LogP contribution in [0, 0.1) is 5.92 Å². The van der Waals surface area contributed by atoms with E-state index in [1.165, 1.54) is 6.42 Å². The van der Waals surface area contributed by atoms with Crippen molar-refractivity contribution in [3.63, 3.8) is 0 Å². The molecular formula is C22H30ClN5O2. The summed E-state index contributed by atoms with van der Waals surface area (Å²) in [6.45, 7) is 3.63. The normalized spacial score (nSPS) is 21.2. The van der Waals surface area contributed by atoms with Gasteiger partial charge < -0.3 is 15.5 Å². The van der Waals surface area contributed by atoms with Gasteiger partial charge in [-0.2, -0.15) is 5.10 Å². The minimum absolute atomic E-state index is 0. The van der Waals surface area contributed by atoms with Crippen LogP contribution in [0.2, 0.25) is 0 Å². The lowest BCUT2D eigenvalue weighted by Crippen LogP contribution is -2.35. The van der Waals surface area contributed by atoms with Gasteiger partial charge in [-0.05, 0) is 42.5 Å². The Labute approximate surface area is 183 Å². The first-order valence-corrected chi connectivity index (χ1v) is 10.5. The number of piperidine rings is 1. The molecule has 7 nitrogen and oxygen atoms in total. The fourth-order valence-electron chi connectivity index (χ4n) is 4.30. The van der Waals surface area contributed by atoms with Crippen LogP contribution in [-0.2, 0) is 18.4 Å². The molecule has 0 spiro atoms. The minimum Gasteiger partial charge on any atom is -0.352 e. The van der Waals surface area contributed by atoms with Crippen LogP contribution in [0.3, 0.4) is 0 Å². The molecule has 0 radical (unpaired) electrons. The van der Waals surface area contributed by atoms with E-state index in [9.17, 15) is 9.59 Å². The average molecular weight is 432 g/mol. The zero-order valence-electron chi connectivity index (χ0n) is 17.3. The number of hydrogen-bond donors (Lipinski definition) is 2. The van der Waals surface area contributed by atoms with Crippen LogP contribution in [-0.4, -0.2) is 52.7 Å². The molecule has 2 atom stereocenters. The first-order chi connectivity index (χ1) is 14.1. The van der Waals surface area contributed by atoms with Crippen LogP contribution < -0.4 is 10.6 Å². The first-order valence-electron chi connectivity index (χ1n) is 10.5. The largest absolute Gasteiger partial charge is 0.352 e. The molecule has 162 valence electrons. The summed E-state index contributed by atoms with van der Waals surface area (Å²) < 4.78 is 1.77. The molecule has 0 saturated carbocycles. The number of benzene rings is 1. The maximum Gasteiger partial charge on any atom is 0.253 e. The number of rotatable bonds is 5. The second kappa shape index (κ2) is 10.1. The van der Waals surface area contributed by atoms with Gasteiger partial charge in [-0.1, -0.05) is 12.1 Å². The molecule has 3 heterocycles. The summed E-state index contributed by atoms with van der Waals surface area (Å²) in [5.74, 6) is 0.210. The Morgan fingerprint density at radius 2 is 1.87 bits per heavy atom. The van der Waals surface area contributed by atoms with Crippen molar-refractivity contribution in [2.24, 2.45) is 13.0 Å². The number of hydrogen-bond acceptors (Lipinski definition) is 4. The Balaban J connectivity index is 0.00000256. The molecule has 1 aromatic heterocycles. The standard InChI is InChI=1S/C22H29N5O2.ClH/c1-26-15-18(12-25-26)19-13-23-14-20(19)21(28)24-11-16-5-7-17(8-6-16)22(29)27-9-3-2-4-10-27;/h5-8,12,15,19-20,23H,2-4,9-11,13-14H2,1H3,(H,24,28);1H/t19-,20+;/m1./s1. The lowest BCUT2D eigenvalue weighted by Gasteiger charge is -2.26. The zero-order chi connectivity index (χ0) is 20.2. The van der Waals surface area contributed by atoms with Gasteiger partial charge in [-0.3, -0.25) is 14.3 Å². The molecule has 0 bridgehead atoms. The van der Waals surface area contributed by atoms with Crippen molar-refractivity contribution in [2.45, 2.75) is 31.7 Å². The second-order valence-corrected chi connectivity index (χ2v) is 8.09. The van der Waals surface area contributed by atoms with Crippen molar-refractivity contribution in [1.29, 1.82) is 0 Å². The number of aromatic nitrogens is 2. The van der Waals surface area contributed by atoms with E-state index in [1.54, 1.807) is 4.68 Å². The van der Waals surface area contributed by atoms with Crippen LogP contribution in [0.5, 0.6) is 0 Å². The van der Waals surface area contributed by atoms with E-state index in [0.29, 0.717) is 13.1 Å². The van der Waals surface area contributed by atoms with Gasteiger partial charge in [0.2, 0.25) is 5.91 Å². The highest BCUT2D eigenvalue weighted by molar-refractivity contribution is 5.94. The smallest absolute Gasteiger partial charge is 0.253 e. The maximum atomic E-state index is 12.8. The van der Waals surface area contributed by atoms with E-state index in [0.717, 1.165) is 49.2 Å². The number of nitrogens with zero attached hydrogens (tertiary/aromatic N) is 3. The lowest BCUT2D eigenvalue weighted by molar-refractivity contribution is -0.125. The van der Waals surface area contributed by atoms with Crippen molar-refractivity contribution in [1.82, 2.24) is 25.3 Å². The number of carbonyl (C=O) groups is 2. The van der Waals surface area contributed by atoms with Crippen LogP contribution >= 0.6 is 12.4 Å². The number of halogens is 1. The van der Waals surface area contributed by atoms with Gasteiger partial charge in [0.15, 0.2) is 0 Å². The van der Waals surface area contributed by atoms with E-state index in [1.807, 2.05) is 48.6 Å². The fraction of sp³-hybridized carbons (Fsp3) is 0.500. The molecular weight excluding hydrogens is 402 g/mol. The predicted octanol–water partition coefficient (Wildman–Crippen LogP) is 2.09. The summed E-state index contributed by atoms with van der Waals surface area (Å²) in [5, 5.41) is 10.6. The topological polar surface area (TPSA) is 79.3 Å². The molecule has 2 aromatic rings. The minimum atomic E-state index is -0.0980. The number of carbonyl (C=O) groups excluding carboxylic acids is 2. The van der Waals surface area contributed by atoms with Crippen LogP contribution in [0.25, 0.3) is 0 Å². The molecule has 30 heavy (non-hydrogen) atoms. The summed E-state index contributed by atoms with van der Waals surface area (Å²) in [6, 6.07) is 7.61. The Morgan fingerprint density at radius 1 is 1.13 bits per heavy atom. The fourth-order valence-corrected chi connectivity index (χ4v) is 4.30. The SMILES string of the molecule is Cl.Cn1cc([C@H]2CNC[C@@H]2C(=O)NCc2ccc(C(=O)N3CCCCC3)cc2)cn1. The lowest BCUT2D eigenvalue weighted by atomic mass is 9.90. The van der Waals surface area contributed by atoms with E-state index < -0.39 is 0 Å². The van der Waals surface area contributed by atoms with Crippen LogP contribution in [0.15, 0.2) is 36.7 Å². The molecule has 2 saturated heterocycles. The molecule has 2 fully saturated rings. The van der Waals surface area contributed by atoms with Gasteiger partial charge in [0.05, 0.1) is 12.1 Å². The molecule has 1 aromatic carbocycles. The maximum absolute atomic E-state index is 12.8. The third kappa shape index (κ3) is 5.02. The highest BCUT2D eigenvalue weighted by Crippen LogP contribution is 2.28. The molecule has 0 aliphatic carbocycles.